The molecule has 0 radical (unpaired) electrons. The van der Waals surface area contributed by atoms with Crippen LogP contribution in [-0.4, -0.2) is 73.1 Å². The molecule has 0 aliphatic carbocycles. The van der Waals surface area contributed by atoms with Crippen molar-refractivity contribution in [3.63, 3.8) is 0 Å². The normalized spacial score (nSPS) is 19.0. The minimum Gasteiger partial charge on any atom is -0.491 e. The predicted molar refractivity (Wildman–Crippen MR) is 227 cm³/mol. The van der Waals surface area contributed by atoms with Gasteiger partial charge in [-0.3, -0.25) is 14.9 Å². The van der Waals surface area contributed by atoms with Crippen LogP contribution in [0.4, 0.5) is 40.4 Å². The van der Waals surface area contributed by atoms with Crippen molar-refractivity contribution in [3.8, 4) is 16.9 Å². The maximum absolute atomic E-state index is 15.2. The maximum atomic E-state index is 15.2. The number of nitrogens with zero attached hydrogens (tertiary/aromatic N) is 3. The summed E-state index contributed by atoms with van der Waals surface area (Å²) in [5.41, 5.74) is 9.43. The van der Waals surface area contributed by atoms with Gasteiger partial charge in [-0.1, -0.05) is 32.0 Å². The Hall–Kier alpha value is -5.21. The Morgan fingerprint density at radius 1 is 0.883 bits per heavy atom. The number of hydrogen-bond acceptors (Lipinski definition) is 9. The first kappa shape index (κ1) is 42.9. The van der Waals surface area contributed by atoms with Crippen molar-refractivity contribution in [2.24, 2.45) is 17.6 Å². The second-order valence-corrected chi connectivity index (χ2v) is 16.9. The summed E-state index contributed by atoms with van der Waals surface area (Å²) in [6.07, 6.45) is 2.39. The quantitative estimate of drug-likeness (QED) is 0.0730. The highest BCUT2D eigenvalue weighted by atomic mass is 19.4. The third kappa shape index (κ3) is 11.1. The van der Waals surface area contributed by atoms with Crippen LogP contribution in [0.5, 0.6) is 5.75 Å². The topological polar surface area (TPSA) is 125 Å². The first-order valence-electron chi connectivity index (χ1n) is 21.1. The maximum Gasteiger partial charge on any atom is 0.419 e. The van der Waals surface area contributed by atoms with Gasteiger partial charge in [0.05, 0.1) is 11.3 Å². The molecule has 1 aromatic heterocycles. The summed E-state index contributed by atoms with van der Waals surface area (Å²) in [6.45, 7) is 8.67. The molecule has 3 fully saturated rings. The number of rotatable bonds is 14. The van der Waals surface area contributed by atoms with E-state index in [1.165, 1.54) is 17.7 Å². The molecule has 0 saturated carbocycles. The highest BCUT2D eigenvalue weighted by Crippen LogP contribution is 2.40. The lowest BCUT2D eigenvalue weighted by Gasteiger charge is -2.38. The highest BCUT2D eigenvalue weighted by Gasteiger charge is 2.35. The monoisotopic (exact) mass is 829 g/mol. The zero-order valence-electron chi connectivity index (χ0n) is 34.2. The van der Waals surface area contributed by atoms with E-state index in [0.29, 0.717) is 58.9 Å². The molecule has 0 spiro atoms. The lowest BCUT2D eigenvalue weighted by Crippen LogP contribution is -2.47. The van der Waals surface area contributed by atoms with Crippen LogP contribution in [0.1, 0.15) is 75.8 Å². The minimum absolute atomic E-state index is 0.00323. The molecule has 4 heterocycles. The average molecular weight is 830 g/mol. The second-order valence-electron chi connectivity index (χ2n) is 16.9. The number of anilines is 4. The number of ether oxygens (including phenoxy) is 1. The summed E-state index contributed by atoms with van der Waals surface area (Å²) in [5, 5.41) is 8.68. The number of aromatic nitrogens is 1. The largest absolute Gasteiger partial charge is 0.491 e. The molecular weight excluding hydrogens is 775 g/mol. The summed E-state index contributed by atoms with van der Waals surface area (Å²) in [6, 6.07) is 19.9. The SMILES string of the molecule is CC(C)C[C@H](N)COc1ccc(-c2ccnc(Nc3ccc(C4CCN(CC5CCN(c6ccc(NC7CCC(=O)NC7=O)cc6F)CC5)CC4)cc3)c2)cc1C(F)(F)F. The molecule has 3 aliphatic rings. The molecular formula is C46H55F4N7O3. The van der Waals surface area contributed by atoms with Gasteiger partial charge in [0, 0.05) is 49.7 Å². The highest BCUT2D eigenvalue weighted by molar-refractivity contribution is 6.01. The van der Waals surface area contributed by atoms with E-state index in [0.717, 1.165) is 70.2 Å². The number of amides is 2. The number of imide groups is 1. The molecule has 0 bridgehead atoms. The lowest BCUT2D eigenvalue weighted by atomic mass is 9.88. The number of pyridine rings is 1. The Morgan fingerprint density at radius 3 is 2.28 bits per heavy atom. The molecule has 60 heavy (non-hydrogen) atoms. The van der Waals surface area contributed by atoms with Crippen molar-refractivity contribution >= 4 is 34.7 Å². The van der Waals surface area contributed by atoms with E-state index < -0.39 is 17.8 Å². The first-order valence-corrected chi connectivity index (χ1v) is 21.1. The van der Waals surface area contributed by atoms with E-state index in [1.54, 1.807) is 36.5 Å². The van der Waals surface area contributed by atoms with Gasteiger partial charge in [0.15, 0.2) is 0 Å². The number of piperidine rings is 3. The second kappa shape index (κ2) is 19.0. The third-order valence-electron chi connectivity index (χ3n) is 11.8. The number of hydrogen-bond donors (Lipinski definition) is 4. The van der Waals surface area contributed by atoms with Gasteiger partial charge >= 0.3 is 6.18 Å². The van der Waals surface area contributed by atoms with Crippen molar-refractivity contribution in [2.45, 2.75) is 83.0 Å². The Labute approximate surface area is 349 Å². The van der Waals surface area contributed by atoms with Crippen LogP contribution in [0, 0.1) is 17.7 Å². The van der Waals surface area contributed by atoms with Gasteiger partial charge in [-0.2, -0.15) is 13.2 Å². The molecule has 3 aliphatic heterocycles. The Bertz CT molecular complexity index is 2100. The van der Waals surface area contributed by atoms with E-state index in [2.05, 4.69) is 42.9 Å². The molecule has 10 nitrogen and oxygen atoms in total. The van der Waals surface area contributed by atoms with Crippen molar-refractivity contribution < 1.29 is 31.9 Å². The lowest BCUT2D eigenvalue weighted by molar-refractivity contribution is -0.139. The fourth-order valence-electron chi connectivity index (χ4n) is 8.65. The van der Waals surface area contributed by atoms with E-state index in [-0.39, 0.29) is 42.5 Å². The van der Waals surface area contributed by atoms with Gasteiger partial charge in [0.25, 0.3) is 0 Å². The van der Waals surface area contributed by atoms with E-state index in [4.69, 9.17) is 10.5 Å². The van der Waals surface area contributed by atoms with Gasteiger partial charge in [-0.15, -0.1) is 0 Å². The zero-order chi connectivity index (χ0) is 42.4. The summed E-state index contributed by atoms with van der Waals surface area (Å²) < 4.78 is 63.1. The fraction of sp³-hybridized carbons (Fsp3) is 0.457. The van der Waals surface area contributed by atoms with Crippen LogP contribution < -0.4 is 31.3 Å². The smallest absolute Gasteiger partial charge is 0.419 e. The van der Waals surface area contributed by atoms with Crippen LogP contribution in [0.2, 0.25) is 0 Å². The van der Waals surface area contributed by atoms with Crippen LogP contribution in [0.25, 0.3) is 11.1 Å². The molecule has 5 N–H and O–H groups in total. The third-order valence-corrected chi connectivity index (χ3v) is 11.8. The molecule has 320 valence electrons. The Balaban J connectivity index is 0.866. The summed E-state index contributed by atoms with van der Waals surface area (Å²) in [5.74, 6) is 0.619. The zero-order valence-corrected chi connectivity index (χ0v) is 34.2. The fourth-order valence-corrected chi connectivity index (χ4v) is 8.65. The number of carbonyl (C=O) groups is 2. The van der Waals surface area contributed by atoms with Crippen LogP contribution >= 0.6 is 0 Å². The van der Waals surface area contributed by atoms with Gasteiger partial charge in [-0.25, -0.2) is 9.37 Å². The molecule has 2 amide bonds. The number of nitrogens with one attached hydrogen (secondary N) is 3. The number of nitrogens with two attached hydrogens (primary N) is 1. The molecule has 3 saturated heterocycles. The van der Waals surface area contributed by atoms with Crippen molar-refractivity contribution in [2.75, 3.05) is 54.9 Å². The summed E-state index contributed by atoms with van der Waals surface area (Å²) in [7, 11) is 0. The number of carbonyl (C=O) groups excluding carboxylic acids is 2. The van der Waals surface area contributed by atoms with Gasteiger partial charge in [0.1, 0.15) is 30.0 Å². The Kier molecular flexibility index (Phi) is 13.6. The van der Waals surface area contributed by atoms with Gasteiger partial charge in [0.2, 0.25) is 11.8 Å². The minimum atomic E-state index is -4.60. The first-order chi connectivity index (χ1) is 28.8. The van der Waals surface area contributed by atoms with Gasteiger partial charge < -0.3 is 30.9 Å². The average Bonchev–Trinajstić information content (AvgIpc) is 3.22. The van der Waals surface area contributed by atoms with E-state index >= 15 is 4.39 Å². The van der Waals surface area contributed by atoms with Crippen LogP contribution in [0.3, 0.4) is 0 Å². The van der Waals surface area contributed by atoms with Crippen LogP contribution in [0.15, 0.2) is 79.0 Å². The number of halogens is 4. The summed E-state index contributed by atoms with van der Waals surface area (Å²) >= 11 is 0. The number of likely N-dealkylation sites (tertiary alicyclic amines) is 1. The molecule has 3 aromatic carbocycles. The van der Waals surface area contributed by atoms with Crippen LogP contribution in [-0.2, 0) is 15.8 Å². The van der Waals surface area contributed by atoms with E-state index in [1.807, 2.05) is 26.0 Å². The molecule has 1 unspecified atom stereocenters. The van der Waals surface area contributed by atoms with Crippen molar-refractivity contribution in [3.05, 3.63) is 95.9 Å². The molecule has 2 atom stereocenters. The standard InChI is InChI=1S/C46H55F4N7O3/c1-29(2)23-35(51)28-60-42-11-5-33(24-38(42)46(48,49)50)34-13-18-52-43(25-34)54-36-6-3-31(4-7-36)32-16-19-56(20-17-32)27-30-14-21-57(22-15-30)41-10-8-37(26-39(41)47)53-40-9-12-44(58)55-45(40)59/h3-8,10-11,13,18,24-26,29-30,32,35,40,53H,9,12,14-17,19-23,27-28,51H2,1-2H3,(H,52,54)(H,55,58,59)/t35-,40?/m0/s1. The van der Waals surface area contributed by atoms with Crippen molar-refractivity contribution in [1.82, 2.24) is 15.2 Å². The number of alkyl halides is 3. The Morgan fingerprint density at radius 2 is 1.60 bits per heavy atom. The van der Waals surface area contributed by atoms with Crippen molar-refractivity contribution in [1.29, 1.82) is 0 Å². The molecule has 14 heteroatoms. The molecule has 7 rings (SSSR count). The van der Waals surface area contributed by atoms with Gasteiger partial charge in [-0.05, 0) is 141 Å². The molecule has 4 aromatic rings. The number of benzene rings is 3. The van der Waals surface area contributed by atoms with E-state index in [9.17, 15) is 22.8 Å². The predicted octanol–water partition coefficient (Wildman–Crippen LogP) is 8.72. The summed E-state index contributed by atoms with van der Waals surface area (Å²) in [4.78, 5) is 32.6.